The largest absolute Gasteiger partial charge is 0.465 e. The summed E-state index contributed by atoms with van der Waals surface area (Å²) in [6.07, 6.45) is 0.0696. The summed E-state index contributed by atoms with van der Waals surface area (Å²) in [6.45, 7) is 6.09. The standard InChI is InChI=1S/C28H46O13S6.C21H36O8S4.C15H32O2S8.C12H18S6.C10H22OS6.C5H12S4/c29-21(1-7-42)36-15-27(16-37-22(30)2-8-43,17-38-23(31)3-9-44)13-35-14-28(18-39-24(32)4-10-45,19-40-25(33)5-11-46)20-41-26(34)6-12-47;1-13(30)5-17(22)26-9-21(10-27-18(23)6-14(2)31,11-28-19(24)7-15(3)32)12-29-20(25)8-16(4)33;18-5-13(6-19,1-16-3-14(7-20,8-21)9-22)2-17-4-15(10-23,11-24)12-25;13-1-7-8(2-14)10(4-16)12(6-18)11(5-17)9(7)3-15;12-3-9(4-13,5-14)1-11-2-10(6-15,7-16)8-17;6-1-5(2-7,3-8)4-9/h42-47H,1-20H2;13-16,30-33H,5-12H2,1-4H3;18-25H,1-12H2;13-18H,1-6H2;12-17H,1-8H2;6-9H,1-4H2. The Labute approximate surface area is 1080 Å². The molecule has 878 valence electrons. The maximum absolute atomic E-state index is 12.3. The molecule has 0 aliphatic heterocycles. The van der Waals surface area contributed by atoms with Gasteiger partial charge in [-0.15, -0.1) is 0 Å². The van der Waals surface area contributed by atoms with E-state index in [1.807, 2.05) is 0 Å². The van der Waals surface area contributed by atoms with Crippen LogP contribution in [0.1, 0.15) is 125 Å². The van der Waals surface area contributed by atoms with Crippen LogP contribution in [0.5, 0.6) is 0 Å². The highest BCUT2D eigenvalue weighted by atomic mass is 32.2. The van der Waals surface area contributed by atoms with Crippen LogP contribution in [0.3, 0.4) is 0 Å². The highest BCUT2D eigenvalue weighted by Crippen LogP contribution is 2.38. The van der Waals surface area contributed by atoms with Crippen molar-refractivity contribution in [3.63, 3.8) is 0 Å². The van der Waals surface area contributed by atoms with Gasteiger partial charge in [-0.05, 0) is 125 Å². The van der Waals surface area contributed by atoms with Crippen molar-refractivity contribution < 1.29 is 114 Å². The minimum absolute atomic E-state index is 0.0189. The van der Waals surface area contributed by atoms with Gasteiger partial charge in [-0.2, -0.15) is 429 Å². The summed E-state index contributed by atoms with van der Waals surface area (Å²) in [6, 6.07) is 0. The van der Waals surface area contributed by atoms with E-state index < -0.39 is 75.9 Å². The average Bonchev–Trinajstić information content (AvgIpc) is 0.772. The Hall–Kier alpha value is 5.66. The summed E-state index contributed by atoms with van der Waals surface area (Å²) in [5.41, 5.74) is 2.79. The molecule has 24 nitrogen and oxygen atoms in total. The first-order valence-corrected chi connectivity index (χ1v) is 67.7. The average molecular weight is 2730 g/mol. The molecule has 0 bridgehead atoms. The van der Waals surface area contributed by atoms with Crippen LogP contribution in [0.2, 0.25) is 0 Å². The summed E-state index contributed by atoms with van der Waals surface area (Å²) in [5.74, 6) is 12.5. The number of rotatable bonds is 80. The van der Waals surface area contributed by atoms with Gasteiger partial charge in [0.05, 0.1) is 128 Å². The molecule has 0 aromatic heterocycles. The van der Waals surface area contributed by atoms with Crippen LogP contribution in [-0.2, 0) is 149 Å². The summed E-state index contributed by atoms with van der Waals surface area (Å²) < 4.78 is 77.9. The molecule has 1 aromatic carbocycles. The lowest BCUT2D eigenvalue weighted by Crippen LogP contribution is -2.47. The number of hydrogen-bond acceptors (Lipinski definition) is 58. The molecule has 4 unspecified atom stereocenters. The van der Waals surface area contributed by atoms with Crippen LogP contribution in [-0.4, -0.2) is 338 Å². The predicted octanol–water partition coefficient (Wildman–Crippen LogP) is 17.1. The van der Waals surface area contributed by atoms with Crippen LogP contribution in [0.4, 0.5) is 0 Å². The summed E-state index contributed by atoms with van der Waals surface area (Å²) in [7, 11) is 0. The second kappa shape index (κ2) is 97.5. The van der Waals surface area contributed by atoms with Gasteiger partial charge in [0.15, 0.2) is 0 Å². The molecule has 4 atom stereocenters. The number of benzene rings is 1. The highest BCUT2D eigenvalue weighted by molar-refractivity contribution is 7.86. The molecule has 1 rings (SSSR count). The molecular weight excluding hydrogens is 2570 g/mol. The van der Waals surface area contributed by atoms with Crippen LogP contribution in [0.25, 0.3) is 0 Å². The number of carbonyl (C=O) groups excluding carboxylic acids is 10. The highest BCUT2D eigenvalue weighted by Gasteiger charge is 2.44. The van der Waals surface area contributed by atoms with E-state index in [1.54, 1.807) is 27.7 Å². The predicted molar refractivity (Wildman–Crippen MR) is 730 cm³/mol. The van der Waals surface area contributed by atoms with Gasteiger partial charge in [0.1, 0.15) is 71.5 Å². The van der Waals surface area contributed by atoms with E-state index in [0.717, 1.165) is 57.5 Å². The molecule has 0 spiro atoms. The maximum Gasteiger partial charge on any atom is 0.306 e. The van der Waals surface area contributed by atoms with Gasteiger partial charge in [-0.25, -0.2) is 0 Å². The van der Waals surface area contributed by atoms with E-state index in [4.69, 9.17) is 66.3 Å². The Kier molecular flexibility index (Phi) is 107. The molecule has 0 N–H and O–H groups in total. The van der Waals surface area contributed by atoms with Gasteiger partial charge in [0.2, 0.25) is 0 Å². The van der Waals surface area contributed by atoms with Gasteiger partial charge >= 0.3 is 59.7 Å². The first kappa shape index (κ1) is 163. The minimum Gasteiger partial charge on any atom is -0.465 e. The van der Waals surface area contributed by atoms with Crippen molar-refractivity contribution in [2.75, 3.05) is 257 Å². The Bertz CT molecular complexity index is 3220. The van der Waals surface area contributed by atoms with Crippen LogP contribution < -0.4 is 0 Å². The third kappa shape index (κ3) is 71.9. The zero-order valence-corrected chi connectivity index (χ0v) is 115. The van der Waals surface area contributed by atoms with E-state index >= 15 is 0 Å². The van der Waals surface area contributed by atoms with E-state index in [2.05, 4.69) is 429 Å². The molecule has 0 fully saturated rings. The van der Waals surface area contributed by atoms with Gasteiger partial charge < -0.3 is 66.3 Å². The zero-order valence-electron chi connectivity index (χ0n) is 84.8. The van der Waals surface area contributed by atoms with Crippen LogP contribution in [0, 0.1) is 48.7 Å². The van der Waals surface area contributed by atoms with Gasteiger partial charge in [-0.1, -0.05) is 27.7 Å². The zero-order chi connectivity index (χ0) is 115. The fraction of sp³-hybridized carbons (Fsp3) is 0.824. The lowest BCUT2D eigenvalue weighted by Gasteiger charge is -2.35. The van der Waals surface area contributed by atoms with Gasteiger partial charge in [0, 0.05) is 134 Å². The lowest BCUT2D eigenvalue weighted by atomic mass is 9.90. The van der Waals surface area contributed by atoms with E-state index in [1.165, 1.54) is 33.4 Å². The molecule has 0 saturated heterocycles. The number of ether oxygens (including phenoxy) is 14. The van der Waals surface area contributed by atoms with E-state index in [0.29, 0.717) is 120 Å². The Balaban J connectivity index is -0.000000593. The van der Waals surface area contributed by atoms with Crippen molar-refractivity contribution in [2.45, 2.75) is 147 Å². The molecule has 0 amide bonds. The fourth-order valence-corrected chi connectivity index (χ4v) is 24.2. The van der Waals surface area contributed by atoms with E-state index in [9.17, 15) is 47.9 Å². The van der Waals surface area contributed by atoms with Gasteiger partial charge in [-0.3, -0.25) is 47.9 Å². The minimum atomic E-state index is -1.41. The first-order chi connectivity index (χ1) is 70.6. The summed E-state index contributed by atoms with van der Waals surface area (Å²) >= 11 is 146. The van der Waals surface area contributed by atoms with Gasteiger partial charge in [0.25, 0.3) is 0 Å². The molecule has 58 heteroatoms. The third-order valence-corrected chi connectivity index (χ3v) is 37.6. The molecule has 0 heterocycles. The summed E-state index contributed by atoms with van der Waals surface area (Å²) in [5, 5.41) is -0.922. The normalized spacial score (nSPS) is 13.0. The fourth-order valence-electron chi connectivity index (χ4n) is 11.2. The topological polar surface area (TPSA) is 300 Å². The second-order valence-electron chi connectivity index (χ2n) is 35.8. The maximum atomic E-state index is 12.3. The van der Waals surface area contributed by atoms with Crippen molar-refractivity contribution in [1.29, 1.82) is 0 Å². The Morgan fingerprint density at radius 1 is 0.168 bits per heavy atom. The number of hydrogen-bond donors (Lipinski definition) is 34. The molecular formula is C91H166O24S34. The smallest absolute Gasteiger partial charge is 0.306 e. The molecule has 0 aliphatic carbocycles. The number of thiol groups is 34. The van der Waals surface area contributed by atoms with Crippen molar-refractivity contribution >= 4 is 489 Å². The lowest BCUT2D eigenvalue weighted by molar-refractivity contribution is -0.177. The SMILES string of the molecule is CC(S)CC(=O)OCC(COC(=O)CC(C)S)(COC(=O)CC(C)S)COC(=O)CC(C)S.O=C(CCS)OCC(COCC(COC(=O)CCS)(COC(=O)CCS)COC(=O)CCS)(COC(=O)CCS)COC(=O)CCS.SCC(CS)(CS)COCC(CS)(CS)COCC(CS)(CS)CS.SCC(CS)(CS)COCC(CS)(CS)CS.SCC(CS)(CS)CS.SCc1c(CS)c(CS)c(CS)c(CS)c1CS. The molecule has 0 saturated carbocycles. The van der Waals surface area contributed by atoms with Crippen LogP contribution in [0.15, 0.2) is 0 Å². The Morgan fingerprint density at radius 3 is 0.389 bits per heavy atom. The third-order valence-electron chi connectivity index (χ3n) is 21.6. The van der Waals surface area contributed by atoms with Crippen molar-refractivity contribution in [3.8, 4) is 0 Å². The summed E-state index contributed by atoms with van der Waals surface area (Å²) in [4.78, 5) is 122. The number of carbonyl (C=O) groups is 10. The van der Waals surface area contributed by atoms with Crippen molar-refractivity contribution in [2.24, 2.45) is 48.7 Å². The molecule has 149 heavy (non-hydrogen) atoms. The number of esters is 10. The quantitative estimate of drug-likeness (QED) is 0.0164. The molecule has 0 radical (unpaired) electrons. The molecule has 0 aliphatic rings. The second-order valence-corrected chi connectivity index (χ2v) is 49.6. The molecule has 1 aromatic rings. The van der Waals surface area contributed by atoms with Crippen molar-refractivity contribution in [3.05, 3.63) is 33.4 Å². The first-order valence-electron chi connectivity index (χ1n) is 46.6. The van der Waals surface area contributed by atoms with Crippen molar-refractivity contribution in [1.82, 2.24) is 0 Å². The Morgan fingerprint density at radius 2 is 0.282 bits per heavy atom. The van der Waals surface area contributed by atoms with Crippen LogP contribution >= 0.6 is 429 Å². The monoisotopic (exact) mass is 2730 g/mol. The van der Waals surface area contributed by atoms with E-state index in [-0.39, 0.29) is 231 Å².